The van der Waals surface area contributed by atoms with Gasteiger partial charge in [-0.3, -0.25) is 9.59 Å². The third-order valence-electron chi connectivity index (χ3n) is 3.97. The number of nitrogens with two attached hydrogens (primary N) is 1. The summed E-state index contributed by atoms with van der Waals surface area (Å²) in [5, 5.41) is 9.15. The smallest absolute Gasteiger partial charge is 0.307 e. The predicted molar refractivity (Wildman–Crippen MR) is 62.2 cm³/mol. The number of likely N-dealkylation sites (tertiary alicyclic amines) is 1. The minimum absolute atomic E-state index is 0.00491. The average molecular weight is 240 g/mol. The Morgan fingerprint density at radius 1 is 1.29 bits per heavy atom. The van der Waals surface area contributed by atoms with Crippen LogP contribution in [0.1, 0.15) is 26.2 Å². The van der Waals surface area contributed by atoms with Crippen LogP contribution in [0.5, 0.6) is 0 Å². The van der Waals surface area contributed by atoms with Crippen LogP contribution in [0, 0.1) is 17.8 Å². The van der Waals surface area contributed by atoms with Crippen molar-refractivity contribution in [3.8, 4) is 0 Å². The van der Waals surface area contributed by atoms with Crippen molar-refractivity contribution in [2.75, 3.05) is 13.1 Å². The number of hydrogen-bond donors (Lipinski definition) is 2. The quantitative estimate of drug-likeness (QED) is 0.726. The molecule has 1 amide bonds. The Kier molecular flexibility index (Phi) is 3.38. The van der Waals surface area contributed by atoms with Gasteiger partial charge in [0.15, 0.2) is 0 Å². The second kappa shape index (κ2) is 4.64. The van der Waals surface area contributed by atoms with Gasteiger partial charge in [-0.2, -0.15) is 0 Å². The first kappa shape index (κ1) is 12.4. The first-order chi connectivity index (χ1) is 7.99. The molecule has 1 saturated heterocycles. The summed E-state index contributed by atoms with van der Waals surface area (Å²) in [6.07, 6.45) is 2.14. The van der Waals surface area contributed by atoms with Crippen molar-refractivity contribution in [1.29, 1.82) is 0 Å². The molecule has 0 bridgehead atoms. The predicted octanol–water partition coefficient (Wildman–Crippen LogP) is 0.293. The third-order valence-corrected chi connectivity index (χ3v) is 3.97. The molecule has 0 spiro atoms. The highest BCUT2D eigenvalue weighted by Gasteiger charge is 2.43. The molecule has 0 aromatic heterocycles. The lowest BCUT2D eigenvalue weighted by molar-refractivity contribution is -0.148. The van der Waals surface area contributed by atoms with E-state index in [0.29, 0.717) is 31.8 Å². The van der Waals surface area contributed by atoms with Crippen LogP contribution in [0.25, 0.3) is 0 Å². The van der Waals surface area contributed by atoms with Gasteiger partial charge in [0.05, 0.1) is 11.8 Å². The lowest BCUT2D eigenvalue weighted by Gasteiger charge is -2.22. The molecule has 0 aromatic rings. The number of carboxylic acid groups (broad SMARTS) is 1. The van der Waals surface area contributed by atoms with E-state index in [-0.39, 0.29) is 17.9 Å². The second-order valence-electron chi connectivity index (χ2n) is 5.46. The fourth-order valence-corrected chi connectivity index (χ4v) is 3.06. The Balaban J connectivity index is 2.05. The molecule has 2 rings (SSSR count). The van der Waals surface area contributed by atoms with Crippen LogP contribution in [-0.4, -0.2) is 41.0 Å². The van der Waals surface area contributed by atoms with Crippen LogP contribution in [0.2, 0.25) is 0 Å². The van der Waals surface area contributed by atoms with Crippen molar-refractivity contribution in [2.24, 2.45) is 23.5 Å². The maximum absolute atomic E-state index is 12.3. The molecule has 1 saturated carbocycles. The highest BCUT2D eigenvalue weighted by Crippen LogP contribution is 2.37. The Hall–Kier alpha value is -1.10. The van der Waals surface area contributed by atoms with Gasteiger partial charge in [0.2, 0.25) is 5.91 Å². The molecule has 0 aromatic carbocycles. The Labute approximate surface area is 101 Å². The molecule has 2 unspecified atom stereocenters. The van der Waals surface area contributed by atoms with Crippen LogP contribution < -0.4 is 5.73 Å². The number of amides is 1. The summed E-state index contributed by atoms with van der Waals surface area (Å²) < 4.78 is 0. The minimum atomic E-state index is -0.837. The zero-order valence-corrected chi connectivity index (χ0v) is 10.1. The van der Waals surface area contributed by atoms with E-state index < -0.39 is 11.9 Å². The lowest BCUT2D eigenvalue weighted by Crippen LogP contribution is -2.39. The summed E-state index contributed by atoms with van der Waals surface area (Å²) in [6, 6.07) is 0.0565. The number of carbonyl (C=O) groups is 2. The van der Waals surface area contributed by atoms with Crippen LogP contribution in [0.3, 0.4) is 0 Å². The summed E-state index contributed by atoms with van der Waals surface area (Å²) in [4.78, 5) is 25.1. The summed E-state index contributed by atoms with van der Waals surface area (Å²) >= 11 is 0. The van der Waals surface area contributed by atoms with Gasteiger partial charge in [-0.05, 0) is 25.2 Å². The summed E-state index contributed by atoms with van der Waals surface area (Å²) in [6.45, 7) is 3.27. The minimum Gasteiger partial charge on any atom is -0.481 e. The molecule has 3 N–H and O–H groups in total. The number of rotatable bonds is 2. The normalized spacial score (nSPS) is 37.4. The van der Waals surface area contributed by atoms with Gasteiger partial charge in [-0.15, -0.1) is 0 Å². The molecular formula is C12H20N2O3. The van der Waals surface area contributed by atoms with Gasteiger partial charge < -0.3 is 15.7 Å². The molecule has 0 radical (unpaired) electrons. The van der Waals surface area contributed by atoms with Crippen molar-refractivity contribution >= 4 is 11.9 Å². The van der Waals surface area contributed by atoms with Crippen LogP contribution in [0.15, 0.2) is 0 Å². The Bertz CT molecular complexity index is 332. The average Bonchev–Trinajstić information content (AvgIpc) is 2.83. The first-order valence-corrected chi connectivity index (χ1v) is 6.26. The van der Waals surface area contributed by atoms with Gasteiger partial charge in [0.1, 0.15) is 0 Å². The van der Waals surface area contributed by atoms with Gasteiger partial charge in [-0.1, -0.05) is 6.92 Å². The van der Waals surface area contributed by atoms with Crippen molar-refractivity contribution in [2.45, 2.75) is 32.2 Å². The van der Waals surface area contributed by atoms with Crippen LogP contribution >= 0.6 is 0 Å². The summed E-state index contributed by atoms with van der Waals surface area (Å²) in [5.74, 6) is -1.37. The molecular weight excluding hydrogens is 220 g/mol. The number of carbonyl (C=O) groups excluding carboxylic acids is 1. The molecule has 2 fully saturated rings. The van der Waals surface area contributed by atoms with E-state index in [4.69, 9.17) is 10.8 Å². The lowest BCUT2D eigenvalue weighted by atomic mass is 9.95. The monoisotopic (exact) mass is 240 g/mol. The maximum Gasteiger partial charge on any atom is 0.307 e. The molecule has 2 aliphatic rings. The molecule has 1 aliphatic heterocycles. The molecule has 1 aliphatic carbocycles. The van der Waals surface area contributed by atoms with Crippen molar-refractivity contribution in [3.05, 3.63) is 0 Å². The SMILES string of the molecule is CC1C[C@H](C(=O)N2CCC(N)C2)[C@H](C(=O)O)C1. The second-order valence-corrected chi connectivity index (χ2v) is 5.46. The maximum atomic E-state index is 12.3. The topological polar surface area (TPSA) is 83.6 Å². The van der Waals surface area contributed by atoms with Crippen LogP contribution in [0.4, 0.5) is 0 Å². The molecule has 5 heteroatoms. The van der Waals surface area contributed by atoms with Crippen molar-refractivity contribution < 1.29 is 14.7 Å². The largest absolute Gasteiger partial charge is 0.481 e. The van der Waals surface area contributed by atoms with Crippen molar-refractivity contribution in [3.63, 3.8) is 0 Å². The molecule has 5 nitrogen and oxygen atoms in total. The zero-order valence-electron chi connectivity index (χ0n) is 10.1. The van der Waals surface area contributed by atoms with E-state index in [2.05, 4.69) is 0 Å². The van der Waals surface area contributed by atoms with E-state index in [0.717, 1.165) is 6.42 Å². The molecule has 4 atom stereocenters. The fraction of sp³-hybridized carbons (Fsp3) is 0.833. The fourth-order valence-electron chi connectivity index (χ4n) is 3.06. The van der Waals surface area contributed by atoms with Gasteiger partial charge >= 0.3 is 5.97 Å². The van der Waals surface area contributed by atoms with Crippen molar-refractivity contribution in [1.82, 2.24) is 4.90 Å². The van der Waals surface area contributed by atoms with E-state index in [1.165, 1.54) is 0 Å². The van der Waals surface area contributed by atoms with E-state index in [1.807, 2.05) is 6.92 Å². The molecule has 17 heavy (non-hydrogen) atoms. The van der Waals surface area contributed by atoms with Gasteiger partial charge in [0.25, 0.3) is 0 Å². The standard InChI is InChI=1S/C12H20N2O3/c1-7-4-9(10(5-7)12(16)17)11(15)14-3-2-8(13)6-14/h7-10H,2-6,13H2,1H3,(H,16,17)/t7?,8?,9-,10+/m0/s1. The molecule has 96 valence electrons. The van der Waals surface area contributed by atoms with E-state index >= 15 is 0 Å². The van der Waals surface area contributed by atoms with Gasteiger partial charge in [-0.25, -0.2) is 0 Å². The Morgan fingerprint density at radius 3 is 2.47 bits per heavy atom. The molecule has 1 heterocycles. The summed E-state index contributed by atoms with van der Waals surface area (Å²) in [7, 11) is 0. The van der Waals surface area contributed by atoms with E-state index in [9.17, 15) is 9.59 Å². The summed E-state index contributed by atoms with van der Waals surface area (Å²) in [5.41, 5.74) is 5.77. The highest BCUT2D eigenvalue weighted by atomic mass is 16.4. The number of aliphatic carboxylic acids is 1. The number of hydrogen-bond acceptors (Lipinski definition) is 3. The number of carboxylic acids is 1. The van der Waals surface area contributed by atoms with Crippen LogP contribution in [-0.2, 0) is 9.59 Å². The number of nitrogens with zero attached hydrogens (tertiary/aromatic N) is 1. The Morgan fingerprint density at radius 2 is 1.94 bits per heavy atom. The van der Waals surface area contributed by atoms with Gasteiger partial charge in [0, 0.05) is 19.1 Å². The third kappa shape index (κ3) is 2.44. The highest BCUT2D eigenvalue weighted by molar-refractivity contribution is 5.85. The first-order valence-electron chi connectivity index (χ1n) is 6.26. The zero-order chi connectivity index (χ0) is 12.6. The van der Waals surface area contributed by atoms with E-state index in [1.54, 1.807) is 4.90 Å².